The van der Waals surface area contributed by atoms with Crippen LogP contribution in [0.5, 0.6) is 0 Å². The van der Waals surface area contributed by atoms with Gasteiger partial charge in [-0.1, -0.05) is 0 Å². The molecule has 4 nitrogen and oxygen atoms in total. The van der Waals surface area contributed by atoms with Gasteiger partial charge in [-0.2, -0.15) is 0 Å². The van der Waals surface area contributed by atoms with Gasteiger partial charge in [0.2, 0.25) is 0 Å². The molecule has 2 unspecified atom stereocenters. The second-order valence-electron chi connectivity index (χ2n) is 6.71. The molecule has 0 aliphatic rings. The van der Waals surface area contributed by atoms with E-state index in [-0.39, 0.29) is 12.1 Å². The van der Waals surface area contributed by atoms with Crippen LogP contribution >= 0.6 is 0 Å². The fourth-order valence-electron chi connectivity index (χ4n) is 2.04. The number of ether oxygens (including phenoxy) is 1. The number of carbonyl (C=O) groups excluding carboxylic acids is 1. The Morgan fingerprint density at radius 1 is 1.17 bits per heavy atom. The highest BCUT2D eigenvalue weighted by molar-refractivity contribution is 5.67. The first-order valence-corrected chi connectivity index (χ1v) is 7.75. The van der Waals surface area contributed by atoms with Gasteiger partial charge in [-0.3, -0.25) is 0 Å². The van der Waals surface area contributed by atoms with Crippen LogP contribution in [0.25, 0.3) is 0 Å². The van der Waals surface area contributed by atoms with Gasteiger partial charge in [0.1, 0.15) is 17.2 Å². The molecular formula is C17H26F2N2O2. The summed E-state index contributed by atoms with van der Waals surface area (Å²) in [6.45, 7) is 9.71. The predicted molar refractivity (Wildman–Crippen MR) is 86.2 cm³/mol. The van der Waals surface area contributed by atoms with Crippen LogP contribution in [0.2, 0.25) is 0 Å². The second-order valence-corrected chi connectivity index (χ2v) is 6.71. The van der Waals surface area contributed by atoms with E-state index in [9.17, 15) is 13.6 Å². The minimum atomic E-state index is -0.589. The summed E-state index contributed by atoms with van der Waals surface area (Å²) >= 11 is 0. The molecule has 2 atom stereocenters. The van der Waals surface area contributed by atoms with Gasteiger partial charge in [0.15, 0.2) is 0 Å². The smallest absolute Gasteiger partial charge is 0.407 e. The van der Waals surface area contributed by atoms with Crippen molar-refractivity contribution in [2.45, 2.75) is 58.7 Å². The van der Waals surface area contributed by atoms with E-state index in [4.69, 9.17) is 4.74 Å². The molecule has 1 amide bonds. The maximum Gasteiger partial charge on any atom is 0.407 e. The van der Waals surface area contributed by atoms with Crippen molar-refractivity contribution in [1.29, 1.82) is 0 Å². The quantitative estimate of drug-likeness (QED) is 0.832. The highest BCUT2D eigenvalue weighted by Gasteiger charge is 2.17. The van der Waals surface area contributed by atoms with E-state index < -0.39 is 23.3 Å². The molecule has 0 fully saturated rings. The average Bonchev–Trinajstić information content (AvgIpc) is 2.34. The molecule has 0 aromatic heterocycles. The zero-order valence-electron chi connectivity index (χ0n) is 14.4. The van der Waals surface area contributed by atoms with Crippen LogP contribution in [0, 0.1) is 11.6 Å². The third-order valence-corrected chi connectivity index (χ3v) is 3.18. The van der Waals surface area contributed by atoms with E-state index in [1.54, 1.807) is 20.8 Å². The molecule has 6 heteroatoms. The molecule has 0 bridgehead atoms. The van der Waals surface area contributed by atoms with Crippen molar-refractivity contribution in [3.63, 3.8) is 0 Å². The van der Waals surface area contributed by atoms with E-state index in [1.165, 1.54) is 12.1 Å². The first-order valence-electron chi connectivity index (χ1n) is 7.75. The molecule has 23 heavy (non-hydrogen) atoms. The van der Waals surface area contributed by atoms with Crippen molar-refractivity contribution in [2.24, 2.45) is 0 Å². The van der Waals surface area contributed by atoms with Crippen molar-refractivity contribution in [2.75, 3.05) is 6.54 Å². The van der Waals surface area contributed by atoms with Gasteiger partial charge >= 0.3 is 6.09 Å². The zero-order valence-corrected chi connectivity index (χ0v) is 14.4. The number of benzene rings is 1. The Hall–Kier alpha value is -1.69. The fourth-order valence-corrected chi connectivity index (χ4v) is 2.04. The Balaban J connectivity index is 2.36. The number of hydrogen-bond acceptors (Lipinski definition) is 3. The van der Waals surface area contributed by atoms with E-state index in [1.807, 2.05) is 13.8 Å². The lowest BCUT2D eigenvalue weighted by Gasteiger charge is -2.22. The van der Waals surface area contributed by atoms with Gasteiger partial charge in [0, 0.05) is 18.2 Å². The number of nitrogens with one attached hydrogen (secondary N) is 2. The molecule has 0 radical (unpaired) electrons. The van der Waals surface area contributed by atoms with Crippen LogP contribution in [-0.2, 0) is 4.74 Å². The molecule has 1 rings (SSSR count). The van der Waals surface area contributed by atoms with Crippen LogP contribution in [-0.4, -0.2) is 24.3 Å². The number of halogens is 2. The van der Waals surface area contributed by atoms with Gasteiger partial charge in [-0.25, -0.2) is 13.6 Å². The van der Waals surface area contributed by atoms with Crippen LogP contribution in [0.4, 0.5) is 13.6 Å². The van der Waals surface area contributed by atoms with Crippen molar-refractivity contribution in [3.8, 4) is 0 Å². The molecule has 0 heterocycles. The maximum absolute atomic E-state index is 13.2. The zero-order chi connectivity index (χ0) is 17.6. The summed E-state index contributed by atoms with van der Waals surface area (Å²) in [5, 5.41) is 5.93. The molecule has 130 valence electrons. The second kappa shape index (κ2) is 8.24. The fraction of sp³-hybridized carbons (Fsp3) is 0.588. The Morgan fingerprint density at radius 2 is 1.74 bits per heavy atom. The Morgan fingerprint density at radius 3 is 2.26 bits per heavy atom. The van der Waals surface area contributed by atoms with Crippen LogP contribution in [0.1, 0.15) is 52.6 Å². The molecule has 1 aromatic carbocycles. The maximum atomic E-state index is 13.2. The molecule has 0 saturated heterocycles. The summed E-state index contributed by atoms with van der Waals surface area (Å²) in [7, 11) is 0. The van der Waals surface area contributed by atoms with Gasteiger partial charge in [-0.15, -0.1) is 0 Å². The van der Waals surface area contributed by atoms with Gasteiger partial charge in [0.25, 0.3) is 0 Å². The molecule has 0 aliphatic carbocycles. The third-order valence-electron chi connectivity index (χ3n) is 3.18. The summed E-state index contributed by atoms with van der Waals surface area (Å²) in [6, 6.07) is 3.21. The standard InChI is InChI=1S/C17H26F2N2O2/c1-11(21-16(22)23-17(3,4)5)6-7-20-12(2)13-8-14(18)10-15(19)9-13/h8-12,20H,6-7H2,1-5H3,(H,21,22). The summed E-state index contributed by atoms with van der Waals surface area (Å²) in [6.07, 6.45) is 0.215. The normalized spacial score (nSPS) is 14.2. The van der Waals surface area contributed by atoms with E-state index in [0.29, 0.717) is 18.5 Å². The first kappa shape index (κ1) is 19.4. The third kappa shape index (κ3) is 7.93. The summed E-state index contributed by atoms with van der Waals surface area (Å²) in [5.41, 5.74) is 0.0214. The van der Waals surface area contributed by atoms with E-state index in [2.05, 4.69) is 10.6 Å². The van der Waals surface area contributed by atoms with Crippen molar-refractivity contribution >= 4 is 6.09 Å². The lowest BCUT2D eigenvalue weighted by molar-refractivity contribution is 0.0506. The average molecular weight is 328 g/mol. The lowest BCUT2D eigenvalue weighted by atomic mass is 10.1. The van der Waals surface area contributed by atoms with Crippen molar-refractivity contribution in [1.82, 2.24) is 10.6 Å². The number of alkyl carbamates (subject to hydrolysis) is 1. The Labute approximate surface area is 136 Å². The Bertz CT molecular complexity index is 510. The minimum absolute atomic E-state index is 0.0752. The molecular weight excluding hydrogens is 302 g/mol. The number of hydrogen-bond donors (Lipinski definition) is 2. The molecule has 0 saturated carbocycles. The topological polar surface area (TPSA) is 50.4 Å². The highest BCUT2D eigenvalue weighted by Crippen LogP contribution is 2.16. The summed E-state index contributed by atoms with van der Waals surface area (Å²) in [5.74, 6) is -1.18. The van der Waals surface area contributed by atoms with Crippen LogP contribution in [0.15, 0.2) is 18.2 Å². The first-order chi connectivity index (χ1) is 10.6. The largest absolute Gasteiger partial charge is 0.444 e. The number of carbonyl (C=O) groups is 1. The van der Waals surface area contributed by atoms with E-state index >= 15 is 0 Å². The molecule has 2 N–H and O–H groups in total. The Kier molecular flexibility index (Phi) is 6.94. The predicted octanol–water partition coefficient (Wildman–Crippen LogP) is 3.92. The van der Waals surface area contributed by atoms with Crippen LogP contribution in [0.3, 0.4) is 0 Å². The summed E-state index contributed by atoms with van der Waals surface area (Å²) in [4.78, 5) is 11.6. The minimum Gasteiger partial charge on any atom is -0.444 e. The van der Waals surface area contributed by atoms with Crippen molar-refractivity contribution < 1.29 is 18.3 Å². The van der Waals surface area contributed by atoms with Crippen molar-refractivity contribution in [3.05, 3.63) is 35.4 Å². The molecule has 1 aromatic rings. The summed E-state index contributed by atoms with van der Waals surface area (Å²) < 4.78 is 31.6. The van der Waals surface area contributed by atoms with Gasteiger partial charge in [0.05, 0.1) is 0 Å². The lowest BCUT2D eigenvalue weighted by Crippen LogP contribution is -2.39. The van der Waals surface area contributed by atoms with E-state index in [0.717, 1.165) is 6.07 Å². The van der Waals surface area contributed by atoms with Crippen LogP contribution < -0.4 is 10.6 Å². The monoisotopic (exact) mass is 328 g/mol. The number of amides is 1. The number of rotatable bonds is 6. The SMILES string of the molecule is CC(CCNC(C)c1cc(F)cc(F)c1)NC(=O)OC(C)(C)C. The van der Waals surface area contributed by atoms with Gasteiger partial charge < -0.3 is 15.4 Å². The molecule has 0 spiro atoms. The molecule has 0 aliphatic heterocycles. The highest BCUT2D eigenvalue weighted by atomic mass is 19.1. The van der Waals surface area contributed by atoms with Gasteiger partial charge in [-0.05, 0) is 65.3 Å².